The fourth-order valence-electron chi connectivity index (χ4n) is 0.772. The third kappa shape index (κ3) is 13.8. The molecule has 0 N–H and O–H groups in total. The monoisotopic (exact) mass is 220 g/mol. The molecule has 5 heteroatoms. The summed E-state index contributed by atoms with van der Waals surface area (Å²) in [5, 5.41) is 4.21. The average Bonchev–Trinajstić information content (AvgIpc) is 2.26. The molecule has 0 saturated heterocycles. The fraction of sp³-hybridized carbons (Fsp3) is 1.00. The lowest BCUT2D eigenvalue weighted by atomic mass is 10.6. The standard InChI is InChI=1S/C10H22NO4/c1-3-12-9-14-7-5-11-6-8-15-10-13-4-2/h3-10H2,1-2H3. The largest absolute Gasteiger partial charge is 0.356 e. The van der Waals surface area contributed by atoms with Gasteiger partial charge in [-0.25, -0.2) is 5.32 Å². The van der Waals surface area contributed by atoms with Crippen LogP contribution in [-0.2, 0) is 18.9 Å². The molecule has 0 spiro atoms. The van der Waals surface area contributed by atoms with E-state index in [-0.39, 0.29) is 0 Å². The summed E-state index contributed by atoms with van der Waals surface area (Å²) in [7, 11) is 0. The first kappa shape index (κ1) is 14.8. The maximum Gasteiger partial charge on any atom is 0.146 e. The molecule has 0 aliphatic heterocycles. The van der Waals surface area contributed by atoms with Crippen LogP contribution in [0.5, 0.6) is 0 Å². The summed E-state index contributed by atoms with van der Waals surface area (Å²) in [5.74, 6) is 0. The SMILES string of the molecule is CCOCOCC[N]CCOCOCC. The minimum atomic E-state index is 0.354. The van der Waals surface area contributed by atoms with E-state index in [4.69, 9.17) is 18.9 Å². The van der Waals surface area contributed by atoms with Crippen LogP contribution in [0.2, 0.25) is 0 Å². The van der Waals surface area contributed by atoms with E-state index in [9.17, 15) is 0 Å². The molecule has 0 saturated carbocycles. The highest BCUT2D eigenvalue weighted by Crippen LogP contribution is 1.79. The van der Waals surface area contributed by atoms with E-state index in [1.165, 1.54) is 0 Å². The molecule has 15 heavy (non-hydrogen) atoms. The topological polar surface area (TPSA) is 51.0 Å². The molecule has 0 unspecified atom stereocenters. The lowest BCUT2D eigenvalue weighted by Gasteiger charge is -2.05. The van der Waals surface area contributed by atoms with Gasteiger partial charge in [0.15, 0.2) is 0 Å². The lowest BCUT2D eigenvalue weighted by molar-refractivity contribution is -0.0530. The Morgan fingerprint density at radius 2 is 1.20 bits per heavy atom. The second-order valence-corrected chi connectivity index (χ2v) is 2.71. The molecule has 0 heterocycles. The Hall–Kier alpha value is -0.200. The lowest BCUT2D eigenvalue weighted by Crippen LogP contribution is -2.18. The van der Waals surface area contributed by atoms with Crippen LogP contribution in [0.1, 0.15) is 13.8 Å². The second kappa shape index (κ2) is 13.8. The highest BCUT2D eigenvalue weighted by molar-refractivity contribution is 4.42. The summed E-state index contributed by atoms with van der Waals surface area (Å²) in [6.45, 7) is 8.52. The molecule has 0 amide bonds. The zero-order chi connectivity index (χ0) is 11.2. The van der Waals surface area contributed by atoms with Crippen molar-refractivity contribution in [3.63, 3.8) is 0 Å². The first-order valence-electron chi connectivity index (χ1n) is 5.36. The van der Waals surface area contributed by atoms with Crippen LogP contribution in [-0.4, -0.2) is 53.1 Å². The van der Waals surface area contributed by atoms with Crippen LogP contribution in [0.3, 0.4) is 0 Å². The minimum Gasteiger partial charge on any atom is -0.356 e. The molecular weight excluding hydrogens is 198 g/mol. The van der Waals surface area contributed by atoms with Crippen molar-refractivity contribution in [2.75, 3.05) is 53.1 Å². The molecule has 91 valence electrons. The van der Waals surface area contributed by atoms with Gasteiger partial charge in [0.05, 0.1) is 13.2 Å². The molecule has 0 aliphatic rings. The van der Waals surface area contributed by atoms with Gasteiger partial charge >= 0.3 is 0 Å². The van der Waals surface area contributed by atoms with Crippen molar-refractivity contribution in [2.45, 2.75) is 13.8 Å². The van der Waals surface area contributed by atoms with Gasteiger partial charge in [-0.05, 0) is 13.8 Å². The summed E-state index contributed by atoms with van der Waals surface area (Å²) in [5.41, 5.74) is 0. The normalized spacial score (nSPS) is 10.8. The van der Waals surface area contributed by atoms with Crippen LogP contribution in [0.15, 0.2) is 0 Å². The van der Waals surface area contributed by atoms with E-state index in [0.29, 0.717) is 53.1 Å². The Morgan fingerprint density at radius 3 is 1.60 bits per heavy atom. The van der Waals surface area contributed by atoms with E-state index in [0.717, 1.165) is 0 Å². The van der Waals surface area contributed by atoms with Gasteiger partial charge in [0, 0.05) is 26.3 Å². The van der Waals surface area contributed by atoms with Crippen LogP contribution in [0, 0.1) is 0 Å². The molecule has 0 aliphatic carbocycles. The van der Waals surface area contributed by atoms with Gasteiger partial charge in [0.2, 0.25) is 0 Å². The Balaban J connectivity index is 2.81. The number of hydrogen-bond acceptors (Lipinski definition) is 4. The fourth-order valence-corrected chi connectivity index (χ4v) is 0.772. The highest BCUT2D eigenvalue weighted by Gasteiger charge is 1.91. The zero-order valence-electron chi connectivity index (χ0n) is 9.74. The molecule has 0 rings (SSSR count). The van der Waals surface area contributed by atoms with Gasteiger partial charge < -0.3 is 18.9 Å². The zero-order valence-corrected chi connectivity index (χ0v) is 9.74. The number of ether oxygens (including phenoxy) is 4. The summed E-state index contributed by atoms with van der Waals surface area (Å²) in [6, 6.07) is 0. The Labute approximate surface area is 92.0 Å². The molecular formula is C10H22NO4. The molecule has 0 bridgehead atoms. The Bertz CT molecular complexity index is 102. The van der Waals surface area contributed by atoms with Crippen molar-refractivity contribution in [2.24, 2.45) is 0 Å². The molecule has 0 aromatic heterocycles. The summed E-state index contributed by atoms with van der Waals surface area (Å²) in [6.07, 6.45) is 0. The van der Waals surface area contributed by atoms with Crippen molar-refractivity contribution >= 4 is 0 Å². The van der Waals surface area contributed by atoms with Crippen LogP contribution in [0.25, 0.3) is 0 Å². The molecule has 0 atom stereocenters. The summed E-state index contributed by atoms with van der Waals surface area (Å²) >= 11 is 0. The van der Waals surface area contributed by atoms with Gasteiger partial charge in [-0.2, -0.15) is 0 Å². The van der Waals surface area contributed by atoms with Crippen LogP contribution >= 0.6 is 0 Å². The van der Waals surface area contributed by atoms with Gasteiger partial charge in [-0.1, -0.05) is 0 Å². The van der Waals surface area contributed by atoms with E-state index >= 15 is 0 Å². The molecule has 0 fully saturated rings. The first-order chi connectivity index (χ1) is 7.41. The van der Waals surface area contributed by atoms with E-state index in [1.807, 2.05) is 13.8 Å². The van der Waals surface area contributed by atoms with Gasteiger partial charge in [0.1, 0.15) is 13.6 Å². The predicted octanol–water partition coefficient (Wildman–Crippen LogP) is 0.612. The van der Waals surface area contributed by atoms with E-state index in [1.54, 1.807) is 0 Å². The number of rotatable bonds is 12. The van der Waals surface area contributed by atoms with Crippen molar-refractivity contribution < 1.29 is 18.9 Å². The van der Waals surface area contributed by atoms with Crippen LogP contribution in [0.4, 0.5) is 0 Å². The van der Waals surface area contributed by atoms with E-state index in [2.05, 4.69) is 5.32 Å². The molecule has 0 aromatic rings. The predicted molar refractivity (Wildman–Crippen MR) is 56.8 cm³/mol. The minimum absolute atomic E-state index is 0.354. The Morgan fingerprint density at radius 1 is 0.733 bits per heavy atom. The number of hydrogen-bond donors (Lipinski definition) is 0. The van der Waals surface area contributed by atoms with E-state index < -0.39 is 0 Å². The maximum atomic E-state index is 5.14. The number of nitrogens with zero attached hydrogens (tertiary/aromatic N) is 1. The van der Waals surface area contributed by atoms with Crippen LogP contribution < -0.4 is 5.32 Å². The third-order valence-corrected chi connectivity index (χ3v) is 1.53. The summed E-state index contributed by atoms with van der Waals surface area (Å²) < 4.78 is 20.3. The third-order valence-electron chi connectivity index (χ3n) is 1.53. The Kier molecular flexibility index (Phi) is 13.6. The molecule has 5 nitrogen and oxygen atoms in total. The molecule has 0 aromatic carbocycles. The van der Waals surface area contributed by atoms with Gasteiger partial charge in [0.25, 0.3) is 0 Å². The smallest absolute Gasteiger partial charge is 0.146 e. The van der Waals surface area contributed by atoms with Crippen molar-refractivity contribution in [1.82, 2.24) is 5.32 Å². The second-order valence-electron chi connectivity index (χ2n) is 2.71. The summed E-state index contributed by atoms with van der Waals surface area (Å²) in [4.78, 5) is 0. The average molecular weight is 220 g/mol. The van der Waals surface area contributed by atoms with Crippen molar-refractivity contribution in [3.8, 4) is 0 Å². The van der Waals surface area contributed by atoms with Crippen molar-refractivity contribution in [1.29, 1.82) is 0 Å². The van der Waals surface area contributed by atoms with Gasteiger partial charge in [-0.15, -0.1) is 0 Å². The molecule has 1 radical (unpaired) electrons. The maximum absolute atomic E-state index is 5.14. The van der Waals surface area contributed by atoms with Crippen molar-refractivity contribution in [3.05, 3.63) is 0 Å². The first-order valence-corrected chi connectivity index (χ1v) is 5.36. The van der Waals surface area contributed by atoms with Gasteiger partial charge in [-0.3, -0.25) is 0 Å². The highest BCUT2D eigenvalue weighted by atomic mass is 16.7. The quantitative estimate of drug-likeness (QED) is 0.357.